The first kappa shape index (κ1) is 21.1. The van der Waals surface area contributed by atoms with Gasteiger partial charge in [0.15, 0.2) is 0 Å². The van der Waals surface area contributed by atoms with Gasteiger partial charge in [-0.25, -0.2) is 4.98 Å². The number of aryl methyl sites for hydroxylation is 1. The molecule has 31 heavy (non-hydrogen) atoms. The van der Waals surface area contributed by atoms with Crippen molar-refractivity contribution in [3.05, 3.63) is 71.6 Å². The molecule has 0 bridgehead atoms. The van der Waals surface area contributed by atoms with E-state index in [1.807, 2.05) is 43.3 Å². The molecule has 4 aromatic rings. The number of carboxylic acids is 1. The van der Waals surface area contributed by atoms with Gasteiger partial charge in [0, 0.05) is 4.70 Å². The first-order valence-electron chi connectivity index (χ1n) is 10.0. The first-order chi connectivity index (χ1) is 15.1. The van der Waals surface area contributed by atoms with Crippen LogP contribution in [0.25, 0.3) is 20.9 Å². The van der Waals surface area contributed by atoms with Crippen LogP contribution in [0.2, 0.25) is 0 Å². The van der Waals surface area contributed by atoms with Gasteiger partial charge in [-0.1, -0.05) is 30.3 Å². The number of benzene rings is 2. The number of aromatic nitrogens is 1. The van der Waals surface area contributed by atoms with Gasteiger partial charge in [0.05, 0.1) is 24.5 Å². The quantitative estimate of drug-likeness (QED) is 0.331. The smallest absolute Gasteiger partial charge is 0.305 e. The van der Waals surface area contributed by atoms with Crippen molar-refractivity contribution in [2.75, 3.05) is 13.2 Å². The van der Waals surface area contributed by atoms with Gasteiger partial charge in [0.25, 0.3) is 0 Å². The number of aliphatic carboxylic acids is 1. The average Bonchev–Trinajstić information content (AvgIpc) is 3.36. The highest BCUT2D eigenvalue weighted by Crippen LogP contribution is 2.33. The van der Waals surface area contributed by atoms with E-state index in [-0.39, 0.29) is 13.0 Å². The molecule has 0 radical (unpaired) electrons. The maximum absolute atomic E-state index is 10.5. The highest BCUT2D eigenvalue weighted by atomic mass is 32.1. The number of ether oxygens (including phenoxy) is 2. The molecule has 0 fully saturated rings. The summed E-state index contributed by atoms with van der Waals surface area (Å²) in [7, 11) is 0. The first-order valence-corrected chi connectivity index (χ1v) is 10.9. The van der Waals surface area contributed by atoms with Crippen LogP contribution in [-0.2, 0) is 22.6 Å². The van der Waals surface area contributed by atoms with Crippen molar-refractivity contribution in [2.24, 2.45) is 0 Å². The predicted octanol–water partition coefficient (Wildman–Crippen LogP) is 5.48. The Kier molecular flexibility index (Phi) is 6.64. The molecule has 2 aromatic heterocycles. The molecule has 0 aliphatic heterocycles. The van der Waals surface area contributed by atoms with E-state index < -0.39 is 5.97 Å². The Morgan fingerprint density at radius 2 is 1.94 bits per heavy atom. The zero-order valence-electron chi connectivity index (χ0n) is 17.2. The summed E-state index contributed by atoms with van der Waals surface area (Å²) in [6.07, 6.45) is 0.750. The number of hydrogen-bond donors (Lipinski definition) is 1. The van der Waals surface area contributed by atoms with Crippen molar-refractivity contribution in [3.8, 4) is 16.5 Å². The highest BCUT2D eigenvalue weighted by molar-refractivity contribution is 7.22. The number of hydrogen-bond acceptors (Lipinski definition) is 6. The molecule has 0 saturated carbocycles. The lowest BCUT2D eigenvalue weighted by Gasteiger charge is -2.07. The molecule has 0 atom stereocenters. The molecule has 0 spiro atoms. The van der Waals surface area contributed by atoms with Gasteiger partial charge in [0.1, 0.15) is 23.8 Å². The second-order valence-electron chi connectivity index (χ2n) is 7.11. The topological polar surface area (TPSA) is 81.8 Å². The van der Waals surface area contributed by atoms with E-state index in [1.54, 1.807) is 11.3 Å². The summed E-state index contributed by atoms with van der Waals surface area (Å²) >= 11 is 1.66. The van der Waals surface area contributed by atoms with Crippen LogP contribution < -0.4 is 4.74 Å². The van der Waals surface area contributed by atoms with Crippen LogP contribution in [0.4, 0.5) is 0 Å². The zero-order chi connectivity index (χ0) is 21.6. The standard InChI is InChI=1S/C24H23NO5S/c1-16-20(25-24(30-16)22-14-18-4-2-3-5-21(18)31-22)15-29-19-8-6-17(7-9-19)10-12-28-13-11-23(26)27/h2-9,14H,10-13,15H2,1H3,(H,26,27). The fourth-order valence-corrected chi connectivity index (χ4v) is 4.10. The summed E-state index contributed by atoms with van der Waals surface area (Å²) in [5.41, 5.74) is 1.88. The van der Waals surface area contributed by atoms with Crippen molar-refractivity contribution >= 4 is 27.4 Å². The zero-order valence-corrected chi connectivity index (χ0v) is 18.0. The molecule has 0 aliphatic rings. The molecule has 160 valence electrons. The lowest BCUT2D eigenvalue weighted by molar-refractivity contribution is -0.138. The summed E-state index contributed by atoms with van der Waals surface area (Å²) < 4.78 is 18.3. The van der Waals surface area contributed by atoms with Crippen molar-refractivity contribution in [2.45, 2.75) is 26.4 Å². The number of rotatable bonds is 10. The van der Waals surface area contributed by atoms with Gasteiger partial charge in [-0.3, -0.25) is 4.79 Å². The maximum Gasteiger partial charge on any atom is 0.305 e. The number of oxazole rings is 1. The number of carboxylic acid groups (broad SMARTS) is 1. The summed E-state index contributed by atoms with van der Waals surface area (Å²) in [6.45, 7) is 2.96. The molecule has 0 aliphatic carbocycles. The Labute approximate surface area is 184 Å². The Bertz CT molecular complexity index is 1130. The fourth-order valence-electron chi connectivity index (χ4n) is 3.11. The third-order valence-electron chi connectivity index (χ3n) is 4.82. The minimum absolute atomic E-state index is 0.0266. The van der Waals surface area contributed by atoms with Gasteiger partial charge in [-0.2, -0.15) is 0 Å². The van der Waals surface area contributed by atoms with Gasteiger partial charge in [-0.05, 0) is 48.6 Å². The molecular formula is C24H23NO5S. The molecule has 6 nitrogen and oxygen atoms in total. The highest BCUT2D eigenvalue weighted by Gasteiger charge is 2.14. The van der Waals surface area contributed by atoms with E-state index in [0.29, 0.717) is 19.1 Å². The van der Waals surface area contributed by atoms with Crippen molar-refractivity contribution < 1.29 is 23.8 Å². The fraction of sp³-hybridized carbons (Fsp3) is 0.250. The number of thiophene rings is 1. The Hall–Kier alpha value is -3.16. The molecule has 0 saturated heterocycles. The third kappa shape index (κ3) is 5.51. The average molecular weight is 438 g/mol. The second kappa shape index (κ2) is 9.76. The van der Waals surface area contributed by atoms with Gasteiger partial charge in [0.2, 0.25) is 5.89 Å². The minimum Gasteiger partial charge on any atom is -0.487 e. The van der Waals surface area contributed by atoms with E-state index in [9.17, 15) is 4.79 Å². The van der Waals surface area contributed by atoms with Crippen LogP contribution in [0.5, 0.6) is 5.75 Å². The van der Waals surface area contributed by atoms with Crippen molar-refractivity contribution in [3.63, 3.8) is 0 Å². The van der Waals surface area contributed by atoms with E-state index >= 15 is 0 Å². The SMILES string of the molecule is Cc1oc(-c2cc3ccccc3s2)nc1COc1ccc(CCOCCC(=O)O)cc1. The number of carbonyl (C=O) groups is 1. The molecule has 1 N–H and O–H groups in total. The van der Waals surface area contributed by atoms with E-state index in [1.165, 1.54) is 10.1 Å². The summed E-state index contributed by atoms with van der Waals surface area (Å²) in [5.74, 6) is 1.28. The van der Waals surface area contributed by atoms with Crippen LogP contribution in [0.3, 0.4) is 0 Å². The number of nitrogens with zero attached hydrogens (tertiary/aromatic N) is 1. The van der Waals surface area contributed by atoms with E-state index in [0.717, 1.165) is 34.1 Å². The van der Waals surface area contributed by atoms with Crippen molar-refractivity contribution in [1.29, 1.82) is 0 Å². The van der Waals surface area contributed by atoms with Crippen LogP contribution in [0.15, 0.2) is 59.0 Å². The molecular weight excluding hydrogens is 414 g/mol. The summed E-state index contributed by atoms with van der Waals surface area (Å²) in [6, 6.07) is 18.1. The van der Waals surface area contributed by atoms with Crippen LogP contribution in [0.1, 0.15) is 23.4 Å². The molecule has 4 rings (SSSR count). The lowest BCUT2D eigenvalue weighted by Crippen LogP contribution is -2.05. The van der Waals surface area contributed by atoms with Gasteiger partial charge >= 0.3 is 5.97 Å². The second-order valence-corrected chi connectivity index (χ2v) is 8.19. The largest absolute Gasteiger partial charge is 0.487 e. The van der Waals surface area contributed by atoms with Crippen LogP contribution in [0, 0.1) is 6.92 Å². The summed E-state index contributed by atoms with van der Waals surface area (Å²) in [4.78, 5) is 16.1. The van der Waals surface area contributed by atoms with Crippen LogP contribution >= 0.6 is 11.3 Å². The third-order valence-corrected chi connectivity index (χ3v) is 5.93. The summed E-state index contributed by atoms with van der Waals surface area (Å²) in [5, 5.41) is 9.78. The molecule has 2 aromatic carbocycles. The Morgan fingerprint density at radius 3 is 2.71 bits per heavy atom. The Morgan fingerprint density at radius 1 is 1.13 bits per heavy atom. The number of fused-ring (bicyclic) bond motifs is 1. The van der Waals surface area contributed by atoms with Gasteiger partial charge in [-0.15, -0.1) is 11.3 Å². The maximum atomic E-state index is 10.5. The Balaban J connectivity index is 1.31. The normalized spacial score (nSPS) is 11.1. The van der Waals surface area contributed by atoms with E-state index in [2.05, 4.69) is 23.2 Å². The lowest BCUT2D eigenvalue weighted by atomic mass is 10.1. The molecule has 0 unspecified atom stereocenters. The van der Waals surface area contributed by atoms with Crippen LogP contribution in [-0.4, -0.2) is 29.3 Å². The molecule has 0 amide bonds. The molecule has 7 heteroatoms. The minimum atomic E-state index is -0.847. The molecule has 2 heterocycles. The van der Waals surface area contributed by atoms with Gasteiger partial charge < -0.3 is 19.0 Å². The predicted molar refractivity (Wildman–Crippen MR) is 120 cm³/mol. The monoisotopic (exact) mass is 437 g/mol. The van der Waals surface area contributed by atoms with Crippen molar-refractivity contribution in [1.82, 2.24) is 4.98 Å². The van der Waals surface area contributed by atoms with E-state index in [4.69, 9.17) is 19.0 Å².